The molecule has 19 heavy (non-hydrogen) atoms. The van der Waals surface area contributed by atoms with Crippen LogP contribution in [0.15, 0.2) is 24.3 Å². The number of halogens is 1. The van der Waals surface area contributed by atoms with Crippen molar-refractivity contribution in [2.75, 3.05) is 0 Å². The van der Waals surface area contributed by atoms with Gasteiger partial charge in [-0.15, -0.1) is 0 Å². The number of aromatic nitrogens is 2. The summed E-state index contributed by atoms with van der Waals surface area (Å²) in [6.07, 6.45) is 1.55. The molecule has 1 atom stereocenters. The summed E-state index contributed by atoms with van der Waals surface area (Å²) >= 11 is 0. The van der Waals surface area contributed by atoms with E-state index in [-0.39, 0.29) is 22.9 Å². The minimum absolute atomic E-state index is 0.134. The van der Waals surface area contributed by atoms with Gasteiger partial charge in [0.1, 0.15) is 17.1 Å². The van der Waals surface area contributed by atoms with E-state index in [1.165, 1.54) is 6.07 Å². The van der Waals surface area contributed by atoms with Gasteiger partial charge in [0, 0.05) is 11.6 Å². The monoisotopic (exact) mass is 260 g/mol. The summed E-state index contributed by atoms with van der Waals surface area (Å²) in [5.74, 6) is -1.50. The first-order valence-corrected chi connectivity index (χ1v) is 6.19. The highest BCUT2D eigenvalue weighted by Crippen LogP contribution is 2.34. The van der Waals surface area contributed by atoms with Gasteiger partial charge in [0.05, 0.1) is 5.69 Å². The molecule has 0 aliphatic carbocycles. The fraction of sp³-hybridized carbons (Fsp3) is 0.286. The lowest BCUT2D eigenvalue weighted by Gasteiger charge is -2.04. The van der Waals surface area contributed by atoms with Crippen molar-refractivity contribution < 1.29 is 14.3 Å². The number of fused-ring (bicyclic) bond motifs is 1. The van der Waals surface area contributed by atoms with Crippen LogP contribution in [0.25, 0.3) is 11.3 Å². The van der Waals surface area contributed by atoms with E-state index in [9.17, 15) is 14.3 Å². The van der Waals surface area contributed by atoms with Crippen molar-refractivity contribution in [3.05, 3.63) is 41.3 Å². The van der Waals surface area contributed by atoms with Gasteiger partial charge in [-0.1, -0.05) is 12.1 Å². The van der Waals surface area contributed by atoms with E-state index in [1.807, 2.05) is 6.92 Å². The molecule has 0 spiro atoms. The minimum atomic E-state index is -1.05. The fourth-order valence-corrected chi connectivity index (χ4v) is 2.61. The highest BCUT2D eigenvalue weighted by atomic mass is 19.1. The SMILES string of the molecule is CC1CCc2c(C(=O)O)c(-c3ccccc3F)nn21. The Labute approximate surface area is 109 Å². The minimum Gasteiger partial charge on any atom is -0.478 e. The lowest BCUT2D eigenvalue weighted by molar-refractivity contribution is 0.0696. The Morgan fingerprint density at radius 1 is 1.47 bits per heavy atom. The molecule has 0 saturated carbocycles. The molecule has 4 nitrogen and oxygen atoms in total. The number of carbonyl (C=O) groups is 1. The van der Waals surface area contributed by atoms with Crippen LogP contribution in [0.3, 0.4) is 0 Å². The van der Waals surface area contributed by atoms with Crippen LogP contribution in [0.4, 0.5) is 4.39 Å². The number of hydrogen-bond acceptors (Lipinski definition) is 2. The topological polar surface area (TPSA) is 55.1 Å². The molecule has 0 bridgehead atoms. The second-order valence-corrected chi connectivity index (χ2v) is 4.79. The summed E-state index contributed by atoms with van der Waals surface area (Å²) in [4.78, 5) is 11.5. The molecule has 2 heterocycles. The van der Waals surface area contributed by atoms with Gasteiger partial charge in [0.15, 0.2) is 0 Å². The molecule has 0 fully saturated rings. The second kappa shape index (κ2) is 4.19. The van der Waals surface area contributed by atoms with Gasteiger partial charge in [-0.2, -0.15) is 5.10 Å². The van der Waals surface area contributed by atoms with Crippen LogP contribution in [0, 0.1) is 5.82 Å². The van der Waals surface area contributed by atoms with Crippen molar-refractivity contribution >= 4 is 5.97 Å². The number of rotatable bonds is 2. The summed E-state index contributed by atoms with van der Waals surface area (Å²) in [6.45, 7) is 1.99. The maximum Gasteiger partial charge on any atom is 0.339 e. The Kier molecular flexibility index (Phi) is 2.62. The van der Waals surface area contributed by atoms with Crippen LogP contribution in [0.5, 0.6) is 0 Å². The molecule has 5 heteroatoms. The Morgan fingerprint density at radius 3 is 2.89 bits per heavy atom. The highest BCUT2D eigenvalue weighted by molar-refractivity contribution is 5.96. The van der Waals surface area contributed by atoms with Gasteiger partial charge < -0.3 is 5.11 Å². The molecule has 1 aromatic heterocycles. The third-order valence-corrected chi connectivity index (χ3v) is 3.57. The lowest BCUT2D eigenvalue weighted by atomic mass is 10.0. The molecule has 0 amide bonds. The van der Waals surface area contributed by atoms with E-state index in [0.29, 0.717) is 12.1 Å². The maximum absolute atomic E-state index is 13.8. The zero-order chi connectivity index (χ0) is 13.6. The quantitative estimate of drug-likeness (QED) is 0.903. The van der Waals surface area contributed by atoms with E-state index in [0.717, 1.165) is 6.42 Å². The van der Waals surface area contributed by atoms with Crippen molar-refractivity contribution in [2.45, 2.75) is 25.8 Å². The molecular formula is C14H13FN2O2. The molecule has 0 saturated heterocycles. The lowest BCUT2D eigenvalue weighted by Crippen LogP contribution is -2.02. The molecule has 1 N–H and O–H groups in total. The van der Waals surface area contributed by atoms with Crippen LogP contribution >= 0.6 is 0 Å². The average molecular weight is 260 g/mol. The zero-order valence-electron chi connectivity index (χ0n) is 10.4. The van der Waals surface area contributed by atoms with E-state index < -0.39 is 11.8 Å². The second-order valence-electron chi connectivity index (χ2n) is 4.79. The number of hydrogen-bond donors (Lipinski definition) is 1. The van der Waals surface area contributed by atoms with E-state index >= 15 is 0 Å². The summed E-state index contributed by atoms with van der Waals surface area (Å²) in [5, 5.41) is 13.7. The summed E-state index contributed by atoms with van der Waals surface area (Å²) in [5.41, 5.74) is 1.30. The molecule has 1 aliphatic heterocycles. The molecule has 2 aromatic rings. The van der Waals surface area contributed by atoms with Crippen molar-refractivity contribution in [1.82, 2.24) is 9.78 Å². The highest BCUT2D eigenvalue weighted by Gasteiger charge is 2.31. The predicted molar refractivity (Wildman–Crippen MR) is 67.6 cm³/mol. The maximum atomic E-state index is 13.8. The third kappa shape index (κ3) is 1.73. The van der Waals surface area contributed by atoms with Crippen LogP contribution in [0.2, 0.25) is 0 Å². The Morgan fingerprint density at radius 2 is 2.21 bits per heavy atom. The number of carboxylic acids is 1. The van der Waals surface area contributed by atoms with Crippen LogP contribution in [-0.2, 0) is 6.42 Å². The average Bonchev–Trinajstić information content (AvgIpc) is 2.90. The van der Waals surface area contributed by atoms with E-state index in [2.05, 4.69) is 5.10 Å². The normalized spacial score (nSPS) is 17.5. The Balaban J connectivity index is 2.26. The molecule has 98 valence electrons. The van der Waals surface area contributed by atoms with Gasteiger partial charge in [-0.25, -0.2) is 9.18 Å². The molecule has 0 radical (unpaired) electrons. The van der Waals surface area contributed by atoms with Gasteiger partial charge >= 0.3 is 5.97 Å². The molecular weight excluding hydrogens is 247 g/mol. The number of aromatic carboxylic acids is 1. The number of nitrogens with zero attached hydrogens (tertiary/aromatic N) is 2. The fourth-order valence-electron chi connectivity index (χ4n) is 2.61. The van der Waals surface area contributed by atoms with Gasteiger partial charge in [-0.3, -0.25) is 4.68 Å². The van der Waals surface area contributed by atoms with Crippen LogP contribution < -0.4 is 0 Å². The molecule has 1 unspecified atom stereocenters. The van der Waals surface area contributed by atoms with Crippen molar-refractivity contribution in [3.63, 3.8) is 0 Å². The van der Waals surface area contributed by atoms with Gasteiger partial charge in [0.25, 0.3) is 0 Å². The smallest absolute Gasteiger partial charge is 0.339 e. The number of carboxylic acid groups (broad SMARTS) is 1. The van der Waals surface area contributed by atoms with E-state index in [4.69, 9.17) is 0 Å². The molecule has 1 aliphatic rings. The van der Waals surface area contributed by atoms with Crippen molar-refractivity contribution in [1.29, 1.82) is 0 Å². The van der Waals surface area contributed by atoms with Crippen molar-refractivity contribution in [3.8, 4) is 11.3 Å². The van der Waals surface area contributed by atoms with Gasteiger partial charge in [0.2, 0.25) is 0 Å². The predicted octanol–water partition coefficient (Wildman–Crippen LogP) is 2.89. The van der Waals surface area contributed by atoms with E-state index in [1.54, 1.807) is 22.9 Å². The van der Waals surface area contributed by atoms with Crippen molar-refractivity contribution in [2.24, 2.45) is 0 Å². The zero-order valence-corrected chi connectivity index (χ0v) is 10.4. The van der Waals surface area contributed by atoms with Crippen LogP contribution in [0.1, 0.15) is 35.4 Å². The number of benzene rings is 1. The first kappa shape index (κ1) is 11.9. The molecule has 3 rings (SSSR count). The first-order chi connectivity index (χ1) is 9.09. The Bertz CT molecular complexity index is 663. The largest absolute Gasteiger partial charge is 0.478 e. The summed E-state index contributed by atoms with van der Waals surface area (Å²) in [6, 6.07) is 6.29. The Hall–Kier alpha value is -2.17. The standard InChI is InChI=1S/C14H13FN2O2/c1-8-6-7-11-12(14(18)19)13(16-17(8)11)9-4-2-3-5-10(9)15/h2-5,8H,6-7H2,1H3,(H,18,19). The molecule has 1 aromatic carbocycles. The summed E-state index contributed by atoms with van der Waals surface area (Å²) in [7, 11) is 0. The third-order valence-electron chi connectivity index (χ3n) is 3.57. The first-order valence-electron chi connectivity index (χ1n) is 6.19. The van der Waals surface area contributed by atoms with Crippen LogP contribution in [-0.4, -0.2) is 20.9 Å². The summed E-state index contributed by atoms with van der Waals surface area (Å²) < 4.78 is 15.6. The van der Waals surface area contributed by atoms with Gasteiger partial charge in [-0.05, 0) is 31.9 Å².